The number of hydrogen-bond acceptors (Lipinski definition) is 6. The molecule has 0 aliphatic heterocycles. The summed E-state index contributed by atoms with van der Waals surface area (Å²) in [5, 5.41) is 3.62. The number of benzene rings is 1. The van der Waals surface area contributed by atoms with Crippen molar-refractivity contribution in [1.82, 2.24) is 14.5 Å². The molecule has 2 aromatic heterocycles. The van der Waals surface area contributed by atoms with Crippen LogP contribution in [-0.4, -0.2) is 40.1 Å². The fraction of sp³-hybridized carbons (Fsp3) is 0.480. The third-order valence-corrected chi connectivity index (χ3v) is 7.35. The highest BCUT2D eigenvalue weighted by Gasteiger charge is 2.23. The quantitative estimate of drug-likeness (QED) is 0.509. The second-order valence-electron chi connectivity index (χ2n) is 8.28. The molecule has 2 heterocycles. The standard InChI is InChI=1S/C25H32N4O3S/c1-4-28(5-2)15-21-27-24-23(19-9-7-8-10-20(19)33-24)25(31)29(21)16-22(30)26-17-11-13-18(14-12-17)32-6-3/h11-14H,4-10,15-16H2,1-3H3,(H,26,30). The minimum atomic E-state index is -0.243. The van der Waals surface area contributed by atoms with Gasteiger partial charge in [0.05, 0.1) is 18.5 Å². The van der Waals surface area contributed by atoms with Crippen LogP contribution in [0.4, 0.5) is 5.69 Å². The Bertz CT molecular complexity index is 1180. The number of aromatic nitrogens is 2. The number of amides is 1. The van der Waals surface area contributed by atoms with Crippen LogP contribution in [0.3, 0.4) is 0 Å². The van der Waals surface area contributed by atoms with Crippen LogP contribution in [0.5, 0.6) is 5.75 Å². The van der Waals surface area contributed by atoms with Crippen LogP contribution in [0.25, 0.3) is 10.2 Å². The van der Waals surface area contributed by atoms with Gasteiger partial charge in [0.2, 0.25) is 5.91 Å². The normalized spacial score (nSPS) is 13.3. The first-order chi connectivity index (χ1) is 16.0. The fourth-order valence-corrected chi connectivity index (χ4v) is 5.63. The summed E-state index contributed by atoms with van der Waals surface area (Å²) in [6.07, 6.45) is 4.18. The van der Waals surface area contributed by atoms with Gasteiger partial charge >= 0.3 is 0 Å². The zero-order valence-electron chi connectivity index (χ0n) is 19.6. The lowest BCUT2D eigenvalue weighted by molar-refractivity contribution is -0.116. The highest BCUT2D eigenvalue weighted by atomic mass is 32.1. The SMILES string of the molecule is CCOc1ccc(NC(=O)Cn2c(CN(CC)CC)nc3sc4c(c3c2=O)CCCC4)cc1. The van der Waals surface area contributed by atoms with Gasteiger partial charge in [-0.05, 0) is 75.5 Å². The summed E-state index contributed by atoms with van der Waals surface area (Å²) in [5.74, 6) is 1.16. The number of hydrogen-bond donors (Lipinski definition) is 1. The van der Waals surface area contributed by atoms with Crippen LogP contribution >= 0.6 is 11.3 Å². The van der Waals surface area contributed by atoms with E-state index < -0.39 is 0 Å². The molecule has 0 radical (unpaired) electrons. The van der Waals surface area contributed by atoms with E-state index in [1.165, 1.54) is 4.88 Å². The lowest BCUT2D eigenvalue weighted by atomic mass is 9.97. The highest BCUT2D eigenvalue weighted by molar-refractivity contribution is 7.18. The zero-order valence-corrected chi connectivity index (χ0v) is 20.5. The first-order valence-corrected chi connectivity index (χ1v) is 12.6. The molecule has 0 fully saturated rings. The molecule has 8 heteroatoms. The summed E-state index contributed by atoms with van der Waals surface area (Å²) in [6, 6.07) is 7.25. The Labute approximate surface area is 198 Å². The van der Waals surface area contributed by atoms with E-state index in [9.17, 15) is 9.59 Å². The molecule has 0 unspecified atom stereocenters. The Hall–Kier alpha value is -2.71. The number of nitrogens with one attached hydrogen (secondary N) is 1. The first kappa shape index (κ1) is 23.4. The number of carbonyl (C=O) groups is 1. The predicted octanol–water partition coefficient (Wildman–Crippen LogP) is 4.22. The molecule has 3 aromatic rings. The average molecular weight is 469 g/mol. The monoisotopic (exact) mass is 468 g/mol. The summed E-state index contributed by atoms with van der Waals surface area (Å²) >= 11 is 1.65. The lowest BCUT2D eigenvalue weighted by Crippen LogP contribution is -2.34. The molecule has 0 saturated heterocycles. The van der Waals surface area contributed by atoms with Crippen molar-refractivity contribution in [3.63, 3.8) is 0 Å². The summed E-state index contributed by atoms with van der Waals surface area (Å²) in [5.41, 5.74) is 1.72. The molecule has 1 N–H and O–H groups in total. The number of rotatable bonds is 9. The van der Waals surface area contributed by atoms with Crippen LogP contribution < -0.4 is 15.6 Å². The number of thiophene rings is 1. The molecule has 1 aromatic carbocycles. The van der Waals surface area contributed by atoms with Gasteiger partial charge in [0, 0.05) is 10.6 Å². The number of fused-ring (bicyclic) bond motifs is 3. The van der Waals surface area contributed by atoms with Crippen molar-refractivity contribution in [2.45, 2.75) is 59.5 Å². The molecule has 33 heavy (non-hydrogen) atoms. The van der Waals surface area contributed by atoms with E-state index in [2.05, 4.69) is 24.1 Å². The maximum absolute atomic E-state index is 13.7. The molecule has 0 spiro atoms. The Balaban J connectivity index is 1.66. The molecular formula is C25H32N4O3S. The van der Waals surface area contributed by atoms with Crippen molar-refractivity contribution in [3.8, 4) is 5.75 Å². The van der Waals surface area contributed by atoms with Gasteiger partial charge in [-0.1, -0.05) is 13.8 Å². The topological polar surface area (TPSA) is 76.5 Å². The molecule has 0 bridgehead atoms. The largest absolute Gasteiger partial charge is 0.494 e. The lowest BCUT2D eigenvalue weighted by Gasteiger charge is -2.20. The molecule has 176 valence electrons. The molecule has 0 atom stereocenters. The van der Waals surface area contributed by atoms with Crippen LogP contribution in [0, 0.1) is 0 Å². The number of aryl methyl sites for hydroxylation is 2. The average Bonchev–Trinajstić information content (AvgIpc) is 3.19. The van der Waals surface area contributed by atoms with Gasteiger partial charge in [0.1, 0.15) is 22.9 Å². The number of nitrogens with zero attached hydrogens (tertiary/aromatic N) is 3. The minimum Gasteiger partial charge on any atom is -0.494 e. The maximum atomic E-state index is 13.7. The molecule has 1 amide bonds. The van der Waals surface area contributed by atoms with Gasteiger partial charge in [-0.25, -0.2) is 4.98 Å². The smallest absolute Gasteiger partial charge is 0.263 e. The minimum absolute atomic E-state index is 0.0593. The van der Waals surface area contributed by atoms with Gasteiger partial charge in [0.25, 0.3) is 5.56 Å². The van der Waals surface area contributed by atoms with Crippen LogP contribution in [0.1, 0.15) is 49.9 Å². The molecule has 7 nitrogen and oxygen atoms in total. The molecule has 1 aliphatic rings. The van der Waals surface area contributed by atoms with Crippen molar-refractivity contribution < 1.29 is 9.53 Å². The Morgan fingerprint density at radius 3 is 2.58 bits per heavy atom. The van der Waals surface area contributed by atoms with Crippen LogP contribution in [0.15, 0.2) is 29.1 Å². The Morgan fingerprint density at radius 2 is 1.88 bits per heavy atom. The third kappa shape index (κ3) is 5.12. The number of ether oxygens (including phenoxy) is 1. The van der Waals surface area contributed by atoms with Crippen molar-refractivity contribution in [2.75, 3.05) is 25.0 Å². The van der Waals surface area contributed by atoms with E-state index in [0.717, 1.165) is 54.9 Å². The maximum Gasteiger partial charge on any atom is 0.263 e. The molecule has 4 rings (SSSR count). The summed E-state index contributed by atoms with van der Waals surface area (Å²) in [7, 11) is 0. The third-order valence-electron chi connectivity index (χ3n) is 6.16. The second kappa shape index (κ2) is 10.5. The van der Waals surface area contributed by atoms with Gasteiger partial charge < -0.3 is 10.1 Å². The molecule has 0 saturated carbocycles. The number of carbonyl (C=O) groups excluding carboxylic acids is 1. The van der Waals surface area contributed by atoms with Crippen molar-refractivity contribution in [3.05, 3.63) is 50.9 Å². The van der Waals surface area contributed by atoms with Gasteiger partial charge in [0.15, 0.2) is 0 Å². The second-order valence-corrected chi connectivity index (χ2v) is 9.36. The van der Waals surface area contributed by atoms with E-state index in [0.29, 0.717) is 30.0 Å². The highest BCUT2D eigenvalue weighted by Crippen LogP contribution is 2.33. The summed E-state index contributed by atoms with van der Waals surface area (Å²) in [6.45, 7) is 8.88. The van der Waals surface area contributed by atoms with E-state index in [1.807, 2.05) is 19.1 Å². The van der Waals surface area contributed by atoms with Crippen molar-refractivity contribution in [2.24, 2.45) is 0 Å². The van der Waals surface area contributed by atoms with Crippen LogP contribution in [0.2, 0.25) is 0 Å². The van der Waals surface area contributed by atoms with E-state index in [4.69, 9.17) is 9.72 Å². The van der Waals surface area contributed by atoms with Crippen LogP contribution in [-0.2, 0) is 30.7 Å². The van der Waals surface area contributed by atoms with E-state index in [1.54, 1.807) is 28.0 Å². The molecule has 1 aliphatic carbocycles. The Morgan fingerprint density at radius 1 is 1.15 bits per heavy atom. The van der Waals surface area contributed by atoms with E-state index in [-0.39, 0.29) is 18.0 Å². The predicted molar refractivity (Wildman–Crippen MR) is 133 cm³/mol. The fourth-order valence-electron chi connectivity index (χ4n) is 4.36. The Kier molecular flexibility index (Phi) is 7.45. The molecular weight excluding hydrogens is 436 g/mol. The summed E-state index contributed by atoms with van der Waals surface area (Å²) in [4.78, 5) is 35.8. The zero-order chi connectivity index (χ0) is 23.4. The van der Waals surface area contributed by atoms with Gasteiger partial charge in [-0.3, -0.25) is 19.1 Å². The number of anilines is 1. The van der Waals surface area contributed by atoms with Crippen molar-refractivity contribution in [1.29, 1.82) is 0 Å². The van der Waals surface area contributed by atoms with Gasteiger partial charge in [-0.15, -0.1) is 11.3 Å². The van der Waals surface area contributed by atoms with E-state index >= 15 is 0 Å². The summed E-state index contributed by atoms with van der Waals surface area (Å²) < 4.78 is 7.04. The first-order valence-electron chi connectivity index (χ1n) is 11.8. The van der Waals surface area contributed by atoms with Gasteiger partial charge in [-0.2, -0.15) is 0 Å². The van der Waals surface area contributed by atoms with Crippen molar-refractivity contribution >= 4 is 33.1 Å².